The third-order valence-electron chi connectivity index (χ3n) is 8.02. The summed E-state index contributed by atoms with van der Waals surface area (Å²) in [4.78, 5) is 41.1. The van der Waals surface area contributed by atoms with Gasteiger partial charge in [-0.25, -0.2) is 0 Å². The monoisotopic (exact) mass is 540 g/mol. The molecule has 0 radical (unpaired) electrons. The molecule has 1 N–H and O–H groups in total. The van der Waals surface area contributed by atoms with Crippen molar-refractivity contribution in [3.8, 4) is 0 Å². The molecule has 0 aromatic heterocycles. The van der Waals surface area contributed by atoms with E-state index in [0.717, 1.165) is 5.56 Å². The highest BCUT2D eigenvalue weighted by atomic mass is 28.4. The van der Waals surface area contributed by atoms with Gasteiger partial charge in [0, 0.05) is 36.2 Å². The summed E-state index contributed by atoms with van der Waals surface area (Å²) >= 11 is 0. The number of aliphatic hydroxyl groups excluding tert-OH is 1. The summed E-state index contributed by atoms with van der Waals surface area (Å²) in [6.07, 6.45) is -0.807. The molecule has 1 unspecified atom stereocenters. The van der Waals surface area contributed by atoms with Gasteiger partial charge in [-0.15, -0.1) is 0 Å². The first-order valence-corrected chi connectivity index (χ1v) is 15.9. The Morgan fingerprint density at radius 1 is 1.21 bits per heavy atom. The van der Waals surface area contributed by atoms with Crippen molar-refractivity contribution in [2.24, 2.45) is 5.92 Å². The molecule has 3 aliphatic heterocycles. The normalized spacial score (nSPS) is 28.6. The number of carbonyl (C=O) groups is 3. The number of carbonyl (C=O) groups excluding carboxylic acids is 3. The molecule has 3 heterocycles. The van der Waals surface area contributed by atoms with Crippen molar-refractivity contribution in [3.63, 3.8) is 0 Å². The number of hydrogen-bond donors (Lipinski definition) is 1. The number of esters is 1. The Hall–Kier alpha value is -3.08. The summed E-state index contributed by atoms with van der Waals surface area (Å²) in [5, 5.41) is 9.68. The number of β-lactam (4-membered cyclic amide) rings is 1. The highest BCUT2D eigenvalue weighted by molar-refractivity contribution is 6.72. The predicted octanol–water partition coefficient (Wildman–Crippen LogP) is 4.02. The lowest BCUT2D eigenvalue weighted by Gasteiger charge is -2.39. The number of benzene rings is 2. The Kier molecular flexibility index (Phi) is 6.69. The van der Waals surface area contributed by atoms with E-state index in [1.165, 1.54) is 11.8 Å². The number of fused-ring (bicyclic) bond motifs is 2. The maximum absolute atomic E-state index is 15.6. The maximum Gasteiger partial charge on any atom is 0.304 e. The molecule has 5 atom stereocenters. The van der Waals surface area contributed by atoms with E-state index < -0.39 is 43.8 Å². The minimum absolute atomic E-state index is 0.129. The summed E-state index contributed by atoms with van der Waals surface area (Å²) in [7, 11) is -3.25. The highest BCUT2D eigenvalue weighted by Crippen LogP contribution is 2.60. The van der Waals surface area contributed by atoms with E-state index in [0.29, 0.717) is 16.9 Å². The van der Waals surface area contributed by atoms with Gasteiger partial charge in [0.05, 0.1) is 24.8 Å². The van der Waals surface area contributed by atoms with Crippen molar-refractivity contribution in [1.29, 1.82) is 0 Å². The van der Waals surface area contributed by atoms with Gasteiger partial charge in [-0.1, -0.05) is 37.3 Å². The number of hydrogen-bond acceptors (Lipinski definition) is 6. The van der Waals surface area contributed by atoms with E-state index >= 15 is 4.11 Å². The van der Waals surface area contributed by atoms with Crippen molar-refractivity contribution in [3.05, 3.63) is 59.7 Å². The van der Waals surface area contributed by atoms with Gasteiger partial charge in [-0.3, -0.25) is 19.3 Å². The fourth-order valence-corrected chi connectivity index (χ4v) is 9.07. The summed E-state index contributed by atoms with van der Waals surface area (Å²) in [5.74, 6) is -1.28. The predicted molar refractivity (Wildman–Crippen MR) is 141 cm³/mol. The number of rotatable bonds is 7. The van der Waals surface area contributed by atoms with Crippen molar-refractivity contribution >= 4 is 37.6 Å². The fourth-order valence-electron chi connectivity index (χ4n) is 6.53. The average molecular weight is 541 g/mol. The Balaban J connectivity index is 1.48. The van der Waals surface area contributed by atoms with E-state index in [4.69, 9.17) is 9.47 Å². The third kappa shape index (κ3) is 4.15. The average Bonchev–Trinajstić information content (AvgIpc) is 3.26. The molecule has 2 aromatic carbocycles. The highest BCUT2D eigenvalue weighted by Gasteiger charge is 2.66. The minimum atomic E-state index is -3.25. The lowest BCUT2D eigenvalue weighted by Crippen LogP contribution is -2.54. The lowest BCUT2D eigenvalue weighted by molar-refractivity contribution is -0.154. The summed E-state index contributed by atoms with van der Waals surface area (Å²) < 4.78 is 27.3. The first kappa shape index (κ1) is 26.5. The largest absolute Gasteiger partial charge is 0.441 e. The van der Waals surface area contributed by atoms with Crippen LogP contribution in [0.2, 0.25) is 18.6 Å². The SMILES string of the molecule is CC(=O)OC1CC(=O)N1c1cccc(CN2C(=O)[C@]3(O[C@H](CCO)[C@@H]([Si](C)(C)F)[C@@H]3C)c3ccccc32)c1. The number of para-hydroxylation sites is 1. The second kappa shape index (κ2) is 9.59. The smallest absolute Gasteiger partial charge is 0.304 e. The van der Waals surface area contributed by atoms with Gasteiger partial charge in [-0.05, 0) is 43.3 Å². The topological polar surface area (TPSA) is 96.4 Å². The number of nitrogens with zero attached hydrogens (tertiary/aromatic N) is 2. The first-order chi connectivity index (χ1) is 18.0. The van der Waals surface area contributed by atoms with Crippen LogP contribution in [0, 0.1) is 5.92 Å². The molecule has 0 bridgehead atoms. The minimum Gasteiger partial charge on any atom is -0.441 e. The molecule has 2 amide bonds. The van der Waals surface area contributed by atoms with Gasteiger partial charge in [0.2, 0.25) is 14.3 Å². The van der Waals surface area contributed by atoms with Crippen LogP contribution in [0.25, 0.3) is 0 Å². The molecule has 202 valence electrons. The van der Waals surface area contributed by atoms with E-state index in [1.807, 2.05) is 43.3 Å². The van der Waals surface area contributed by atoms with Gasteiger partial charge in [0.25, 0.3) is 5.91 Å². The number of amides is 2. The van der Waals surface area contributed by atoms with Crippen LogP contribution in [0.3, 0.4) is 0 Å². The van der Waals surface area contributed by atoms with Crippen LogP contribution in [-0.4, -0.2) is 50.2 Å². The molecule has 5 rings (SSSR count). The van der Waals surface area contributed by atoms with Gasteiger partial charge < -0.3 is 23.6 Å². The van der Waals surface area contributed by atoms with Crippen LogP contribution in [0.5, 0.6) is 0 Å². The molecule has 1 spiro atoms. The van der Waals surface area contributed by atoms with Crippen molar-refractivity contribution in [2.45, 2.75) is 69.8 Å². The molecule has 0 saturated carbocycles. The van der Waals surface area contributed by atoms with Crippen LogP contribution in [-0.2, 0) is 36.0 Å². The van der Waals surface area contributed by atoms with Crippen molar-refractivity contribution in [1.82, 2.24) is 0 Å². The van der Waals surface area contributed by atoms with Gasteiger partial charge in [0.15, 0.2) is 11.8 Å². The van der Waals surface area contributed by atoms with E-state index in [1.54, 1.807) is 30.1 Å². The van der Waals surface area contributed by atoms with Crippen LogP contribution < -0.4 is 9.80 Å². The zero-order chi connectivity index (χ0) is 27.4. The van der Waals surface area contributed by atoms with E-state index in [-0.39, 0.29) is 37.8 Å². The summed E-state index contributed by atoms with van der Waals surface area (Å²) in [5.41, 5.74) is 0.991. The Bertz CT molecular complexity index is 1280. The molecule has 38 heavy (non-hydrogen) atoms. The molecule has 2 aromatic rings. The van der Waals surface area contributed by atoms with Gasteiger partial charge >= 0.3 is 5.97 Å². The maximum atomic E-state index is 15.6. The van der Waals surface area contributed by atoms with Crippen LogP contribution in [0.15, 0.2) is 48.5 Å². The molecule has 2 saturated heterocycles. The Morgan fingerprint density at radius 3 is 2.61 bits per heavy atom. The quantitative estimate of drug-likeness (QED) is 0.247. The molecular formula is C28H33FN2O6Si. The Morgan fingerprint density at radius 2 is 1.95 bits per heavy atom. The van der Waals surface area contributed by atoms with Crippen molar-refractivity contribution in [2.75, 3.05) is 16.4 Å². The second-order valence-corrected chi connectivity index (χ2v) is 14.7. The van der Waals surface area contributed by atoms with E-state index in [2.05, 4.69) is 0 Å². The standard InChI is InChI=1S/C28H33FN2O6Si/c1-17-26(38(3,4)29)23(12-13-32)37-28(17)21-10-5-6-11-22(21)30(27(28)35)16-19-8-7-9-20(14-19)31-24(34)15-25(31)36-18(2)33/h5-11,14,17,23,25-26,32H,12-13,15-16H2,1-4H3/t17-,23+,25?,26-,28+/m0/s1. The molecule has 10 heteroatoms. The fraction of sp³-hybridized carbons (Fsp3) is 0.464. The van der Waals surface area contributed by atoms with Crippen molar-refractivity contribution < 1.29 is 33.1 Å². The first-order valence-electron chi connectivity index (χ1n) is 13.0. The Labute approximate surface area is 222 Å². The summed E-state index contributed by atoms with van der Waals surface area (Å²) in [6.45, 7) is 6.53. The molecular weight excluding hydrogens is 507 g/mol. The molecule has 2 fully saturated rings. The molecule has 3 aliphatic rings. The number of ether oxygens (including phenoxy) is 2. The van der Waals surface area contributed by atoms with Crippen LogP contribution in [0.1, 0.15) is 37.8 Å². The second-order valence-electron chi connectivity index (χ2n) is 10.9. The lowest BCUT2D eigenvalue weighted by atomic mass is 9.82. The number of aliphatic hydroxyl groups is 1. The summed E-state index contributed by atoms with van der Waals surface area (Å²) in [6, 6.07) is 14.7. The number of anilines is 2. The van der Waals surface area contributed by atoms with Gasteiger partial charge in [0.1, 0.15) is 0 Å². The van der Waals surface area contributed by atoms with Gasteiger partial charge in [-0.2, -0.15) is 0 Å². The molecule has 8 nitrogen and oxygen atoms in total. The zero-order valence-electron chi connectivity index (χ0n) is 22.0. The van der Waals surface area contributed by atoms with Crippen LogP contribution in [0.4, 0.5) is 15.5 Å². The van der Waals surface area contributed by atoms with E-state index in [9.17, 15) is 19.5 Å². The molecule has 0 aliphatic carbocycles. The number of halogens is 1. The zero-order valence-corrected chi connectivity index (χ0v) is 23.0. The third-order valence-corrected chi connectivity index (χ3v) is 10.5. The van der Waals surface area contributed by atoms with Crippen LogP contribution >= 0.6 is 0 Å².